The largest absolute Gasteiger partial charge is 0.387 e. The molecule has 1 unspecified atom stereocenters. The molecule has 0 amide bonds. The molecule has 0 saturated heterocycles. The van der Waals surface area contributed by atoms with Gasteiger partial charge >= 0.3 is 0 Å². The summed E-state index contributed by atoms with van der Waals surface area (Å²) in [6.07, 6.45) is 5.30. The number of nitrogens with one attached hydrogen (secondary N) is 1. The smallest absolute Gasteiger partial charge is 0.0952 e. The summed E-state index contributed by atoms with van der Waals surface area (Å²) in [6.45, 7) is 2.65. The fraction of sp³-hybridized carbons (Fsp3) is 0.429. The molecule has 4 nitrogen and oxygen atoms in total. The van der Waals surface area contributed by atoms with Gasteiger partial charge in [0, 0.05) is 24.9 Å². The third-order valence-corrected chi connectivity index (χ3v) is 1.57. The minimum atomic E-state index is 0.0872. The molecule has 1 aromatic heterocycles. The first-order valence-corrected chi connectivity index (χ1v) is 3.50. The SMILES string of the molecule is CC(Cn1ccnc1)C(=N)N. The first kappa shape index (κ1) is 7.78. The molecule has 0 spiro atoms. The topological polar surface area (TPSA) is 67.7 Å². The number of nitrogens with zero attached hydrogens (tertiary/aromatic N) is 2. The van der Waals surface area contributed by atoms with E-state index in [-0.39, 0.29) is 11.8 Å². The Morgan fingerprint density at radius 3 is 3.00 bits per heavy atom. The average molecular weight is 152 g/mol. The number of imidazole rings is 1. The van der Waals surface area contributed by atoms with Gasteiger partial charge in [-0.15, -0.1) is 0 Å². The molecule has 1 rings (SSSR count). The van der Waals surface area contributed by atoms with Crippen LogP contribution in [0.2, 0.25) is 0 Å². The fourth-order valence-corrected chi connectivity index (χ4v) is 0.809. The zero-order valence-electron chi connectivity index (χ0n) is 6.49. The van der Waals surface area contributed by atoms with Crippen molar-refractivity contribution in [2.75, 3.05) is 0 Å². The van der Waals surface area contributed by atoms with E-state index in [1.54, 1.807) is 12.5 Å². The number of hydrogen-bond donors (Lipinski definition) is 2. The van der Waals surface area contributed by atoms with Gasteiger partial charge in [-0.1, -0.05) is 6.92 Å². The van der Waals surface area contributed by atoms with Crippen molar-refractivity contribution < 1.29 is 0 Å². The van der Waals surface area contributed by atoms with Crippen molar-refractivity contribution in [3.05, 3.63) is 18.7 Å². The Hall–Kier alpha value is -1.32. The standard InChI is InChI=1S/C7H12N4/c1-6(7(8)9)4-11-3-2-10-5-11/h2-3,5-6H,4H2,1H3,(H3,8,9). The lowest BCUT2D eigenvalue weighted by Gasteiger charge is -2.08. The number of rotatable bonds is 3. The van der Waals surface area contributed by atoms with Crippen LogP contribution in [0.3, 0.4) is 0 Å². The summed E-state index contributed by atoms with van der Waals surface area (Å²) in [6, 6.07) is 0. The number of nitrogens with two attached hydrogens (primary N) is 1. The van der Waals surface area contributed by atoms with Crippen LogP contribution in [0.5, 0.6) is 0 Å². The zero-order chi connectivity index (χ0) is 8.27. The predicted molar refractivity (Wildman–Crippen MR) is 43.3 cm³/mol. The highest BCUT2D eigenvalue weighted by atomic mass is 15.0. The molecule has 0 aliphatic heterocycles. The molecule has 0 saturated carbocycles. The van der Waals surface area contributed by atoms with Gasteiger partial charge in [0.2, 0.25) is 0 Å². The average Bonchev–Trinajstić information content (AvgIpc) is 2.39. The molecule has 11 heavy (non-hydrogen) atoms. The van der Waals surface area contributed by atoms with Crippen LogP contribution in [0, 0.1) is 11.3 Å². The molecule has 0 aliphatic rings. The van der Waals surface area contributed by atoms with E-state index in [9.17, 15) is 0 Å². The van der Waals surface area contributed by atoms with Gasteiger partial charge in [-0.25, -0.2) is 4.98 Å². The number of aromatic nitrogens is 2. The summed E-state index contributed by atoms with van der Waals surface area (Å²) in [7, 11) is 0. The van der Waals surface area contributed by atoms with Crippen LogP contribution >= 0.6 is 0 Å². The molecule has 0 radical (unpaired) electrons. The van der Waals surface area contributed by atoms with E-state index in [2.05, 4.69) is 4.98 Å². The molecule has 3 N–H and O–H groups in total. The minimum Gasteiger partial charge on any atom is -0.387 e. The van der Waals surface area contributed by atoms with Gasteiger partial charge in [-0.3, -0.25) is 5.41 Å². The predicted octanol–water partition coefficient (Wildman–Crippen LogP) is 0.455. The van der Waals surface area contributed by atoms with E-state index < -0.39 is 0 Å². The molecular formula is C7H12N4. The highest BCUT2D eigenvalue weighted by Gasteiger charge is 2.04. The Labute approximate surface area is 65.6 Å². The summed E-state index contributed by atoms with van der Waals surface area (Å²) in [5.41, 5.74) is 5.30. The first-order chi connectivity index (χ1) is 5.20. The van der Waals surface area contributed by atoms with E-state index >= 15 is 0 Å². The molecule has 0 aliphatic carbocycles. The lowest BCUT2D eigenvalue weighted by Crippen LogP contribution is -2.23. The summed E-state index contributed by atoms with van der Waals surface area (Å²) >= 11 is 0. The van der Waals surface area contributed by atoms with Crippen molar-refractivity contribution in [3.63, 3.8) is 0 Å². The molecule has 1 heterocycles. The minimum absolute atomic E-state index is 0.0872. The summed E-state index contributed by atoms with van der Waals surface area (Å²) in [5.74, 6) is 0.308. The van der Waals surface area contributed by atoms with Crippen LogP contribution in [0.4, 0.5) is 0 Å². The van der Waals surface area contributed by atoms with Gasteiger partial charge in [0.15, 0.2) is 0 Å². The quantitative estimate of drug-likeness (QED) is 0.488. The monoisotopic (exact) mass is 152 g/mol. The lowest BCUT2D eigenvalue weighted by molar-refractivity contribution is 0.590. The molecule has 4 heteroatoms. The third-order valence-electron chi connectivity index (χ3n) is 1.57. The summed E-state index contributed by atoms with van der Waals surface area (Å²) in [5, 5.41) is 7.15. The molecule has 1 aromatic rings. The van der Waals surface area contributed by atoms with Crippen molar-refractivity contribution in [2.45, 2.75) is 13.5 Å². The second-order valence-electron chi connectivity index (χ2n) is 2.62. The zero-order valence-corrected chi connectivity index (χ0v) is 6.49. The summed E-state index contributed by atoms with van der Waals surface area (Å²) < 4.78 is 1.91. The maximum atomic E-state index is 7.15. The van der Waals surface area contributed by atoms with E-state index in [4.69, 9.17) is 11.1 Å². The van der Waals surface area contributed by atoms with Crippen LogP contribution in [0.25, 0.3) is 0 Å². The Balaban J connectivity index is 2.50. The molecule has 0 aromatic carbocycles. The Bertz CT molecular complexity index is 227. The molecular weight excluding hydrogens is 140 g/mol. The van der Waals surface area contributed by atoms with Crippen molar-refractivity contribution in [1.29, 1.82) is 5.41 Å². The van der Waals surface area contributed by atoms with Crippen LogP contribution in [0.15, 0.2) is 18.7 Å². The maximum absolute atomic E-state index is 7.15. The molecule has 1 atom stereocenters. The van der Waals surface area contributed by atoms with Gasteiger partial charge in [0.25, 0.3) is 0 Å². The van der Waals surface area contributed by atoms with Crippen molar-refractivity contribution in [2.24, 2.45) is 11.7 Å². The van der Waals surface area contributed by atoms with Gasteiger partial charge in [-0.05, 0) is 0 Å². The fourth-order valence-electron chi connectivity index (χ4n) is 0.809. The third kappa shape index (κ3) is 2.07. The van der Waals surface area contributed by atoms with E-state index in [0.717, 1.165) is 6.54 Å². The highest BCUT2D eigenvalue weighted by molar-refractivity contribution is 5.79. The molecule has 0 fully saturated rings. The van der Waals surface area contributed by atoms with Gasteiger partial charge in [-0.2, -0.15) is 0 Å². The summed E-state index contributed by atoms with van der Waals surface area (Å²) in [4.78, 5) is 3.89. The molecule has 60 valence electrons. The molecule has 0 bridgehead atoms. The van der Waals surface area contributed by atoms with Crippen molar-refractivity contribution in [1.82, 2.24) is 9.55 Å². The Morgan fingerprint density at radius 1 is 1.82 bits per heavy atom. The van der Waals surface area contributed by atoms with E-state index in [1.807, 2.05) is 17.7 Å². The van der Waals surface area contributed by atoms with Crippen LogP contribution in [-0.4, -0.2) is 15.4 Å². The number of amidine groups is 1. The maximum Gasteiger partial charge on any atom is 0.0952 e. The highest BCUT2D eigenvalue weighted by Crippen LogP contribution is 1.98. The van der Waals surface area contributed by atoms with Gasteiger partial charge < -0.3 is 10.3 Å². The van der Waals surface area contributed by atoms with Crippen LogP contribution < -0.4 is 5.73 Å². The van der Waals surface area contributed by atoms with Gasteiger partial charge in [0.05, 0.1) is 12.2 Å². The van der Waals surface area contributed by atoms with Crippen LogP contribution in [0.1, 0.15) is 6.92 Å². The second-order valence-corrected chi connectivity index (χ2v) is 2.62. The van der Waals surface area contributed by atoms with Crippen LogP contribution in [-0.2, 0) is 6.54 Å². The van der Waals surface area contributed by atoms with Gasteiger partial charge in [0.1, 0.15) is 0 Å². The Kier molecular flexibility index (Phi) is 2.25. The van der Waals surface area contributed by atoms with E-state index in [0.29, 0.717) is 0 Å². The second kappa shape index (κ2) is 3.18. The lowest BCUT2D eigenvalue weighted by atomic mass is 10.1. The van der Waals surface area contributed by atoms with Crippen molar-refractivity contribution >= 4 is 5.84 Å². The van der Waals surface area contributed by atoms with Crippen molar-refractivity contribution in [3.8, 4) is 0 Å². The number of hydrogen-bond acceptors (Lipinski definition) is 2. The normalized spacial score (nSPS) is 12.8. The van der Waals surface area contributed by atoms with E-state index in [1.165, 1.54) is 0 Å². The Morgan fingerprint density at radius 2 is 2.55 bits per heavy atom. The first-order valence-electron chi connectivity index (χ1n) is 3.50.